The summed E-state index contributed by atoms with van der Waals surface area (Å²) in [5.41, 5.74) is 7.35. The summed E-state index contributed by atoms with van der Waals surface area (Å²) in [5.74, 6) is -0.722. The van der Waals surface area contributed by atoms with E-state index >= 15 is 0 Å². The summed E-state index contributed by atoms with van der Waals surface area (Å²) in [6, 6.07) is 3.88. The Morgan fingerprint density at radius 2 is 1.88 bits per heavy atom. The molecule has 1 N–H and O–H groups in total. The lowest BCUT2D eigenvalue weighted by atomic mass is 9.72. The van der Waals surface area contributed by atoms with Gasteiger partial charge in [0.1, 0.15) is 6.04 Å². The van der Waals surface area contributed by atoms with Crippen LogP contribution in [0.4, 0.5) is 0 Å². The van der Waals surface area contributed by atoms with Gasteiger partial charge in [-0.05, 0) is 61.4 Å². The fourth-order valence-corrected chi connectivity index (χ4v) is 4.65. The molecule has 1 aliphatic heterocycles. The molecule has 1 unspecified atom stereocenters. The first-order chi connectivity index (χ1) is 11.7. The van der Waals surface area contributed by atoms with E-state index in [4.69, 9.17) is 0 Å². The van der Waals surface area contributed by atoms with E-state index in [2.05, 4.69) is 63.8 Å². The van der Waals surface area contributed by atoms with Crippen molar-refractivity contribution in [3.8, 4) is 0 Å². The van der Waals surface area contributed by atoms with E-state index in [0.717, 1.165) is 25.0 Å². The van der Waals surface area contributed by atoms with Crippen molar-refractivity contribution in [3.63, 3.8) is 0 Å². The molecular weight excluding hydrogens is 310 g/mol. The van der Waals surface area contributed by atoms with E-state index in [-0.39, 0.29) is 5.41 Å². The molecule has 0 spiro atoms. The summed E-state index contributed by atoms with van der Waals surface area (Å²) >= 11 is 0. The van der Waals surface area contributed by atoms with Crippen molar-refractivity contribution in [1.82, 2.24) is 4.90 Å². The fraction of sp³-hybridized carbons (Fsp3) is 0.500. The lowest BCUT2D eigenvalue weighted by molar-refractivity contribution is -0.143. The van der Waals surface area contributed by atoms with Crippen LogP contribution in [0.5, 0.6) is 0 Å². The monoisotopic (exact) mass is 339 g/mol. The number of aliphatic carboxylic acids is 1. The van der Waals surface area contributed by atoms with Crippen molar-refractivity contribution in [2.75, 3.05) is 6.54 Å². The van der Waals surface area contributed by atoms with Crippen molar-refractivity contribution in [2.24, 2.45) is 5.41 Å². The summed E-state index contributed by atoms with van der Waals surface area (Å²) in [4.78, 5) is 14.3. The Bertz CT molecular complexity index is 747. The minimum atomic E-state index is -0.722. The Morgan fingerprint density at radius 1 is 1.24 bits per heavy atom. The number of hydrogen-bond donors (Lipinski definition) is 1. The molecule has 0 radical (unpaired) electrons. The molecule has 1 aromatic rings. The molecule has 0 amide bonds. The first-order valence-corrected chi connectivity index (χ1v) is 9.14. The van der Waals surface area contributed by atoms with Gasteiger partial charge in [0.15, 0.2) is 0 Å². The van der Waals surface area contributed by atoms with E-state index in [1.807, 2.05) is 0 Å². The number of carboxylic acids is 1. The Labute approximate surface area is 151 Å². The van der Waals surface area contributed by atoms with Crippen LogP contribution in [0.3, 0.4) is 0 Å². The molecule has 0 fully saturated rings. The van der Waals surface area contributed by atoms with Crippen molar-refractivity contribution >= 4 is 5.97 Å². The van der Waals surface area contributed by atoms with Crippen LogP contribution < -0.4 is 0 Å². The van der Waals surface area contributed by atoms with Crippen molar-refractivity contribution in [2.45, 2.75) is 60.0 Å². The zero-order chi connectivity index (χ0) is 18.4. The average molecular weight is 339 g/mol. The smallest absolute Gasteiger partial charge is 0.325 e. The first kappa shape index (κ1) is 17.9. The van der Waals surface area contributed by atoms with Gasteiger partial charge in [0.2, 0.25) is 0 Å². The maximum Gasteiger partial charge on any atom is 0.325 e. The molecular formula is C22H29NO2. The molecule has 134 valence electrons. The van der Waals surface area contributed by atoms with Crippen LogP contribution in [-0.2, 0) is 11.3 Å². The standard InChI is InChI=1S/C22H29NO2/c1-14-10-15(2)18(16(3)11-14)12-23-13-22(4,5)19-9-7-6-8-17(19)20(23)21(24)25/h7,9-11,20H,6,8,12-13H2,1-5H3,(H,24,25). The molecule has 0 saturated carbocycles. The second kappa shape index (κ2) is 6.45. The summed E-state index contributed by atoms with van der Waals surface area (Å²) in [7, 11) is 0. The number of benzene rings is 1. The molecule has 0 bridgehead atoms. The largest absolute Gasteiger partial charge is 0.480 e. The predicted octanol–water partition coefficient (Wildman–Crippen LogP) is 4.55. The number of aryl methyl sites for hydroxylation is 3. The lowest BCUT2D eigenvalue weighted by Gasteiger charge is -2.45. The molecule has 0 saturated heterocycles. The minimum Gasteiger partial charge on any atom is -0.480 e. The van der Waals surface area contributed by atoms with Gasteiger partial charge in [-0.2, -0.15) is 0 Å². The highest BCUT2D eigenvalue weighted by molar-refractivity contribution is 5.79. The van der Waals surface area contributed by atoms with E-state index in [0.29, 0.717) is 6.54 Å². The highest BCUT2D eigenvalue weighted by Crippen LogP contribution is 2.42. The number of carboxylic acid groups (broad SMARTS) is 1. The number of rotatable bonds is 3. The summed E-state index contributed by atoms with van der Waals surface area (Å²) in [6.07, 6.45) is 6.14. The zero-order valence-corrected chi connectivity index (χ0v) is 16.0. The fourth-order valence-electron chi connectivity index (χ4n) is 4.65. The molecule has 3 heteroatoms. The van der Waals surface area contributed by atoms with Gasteiger partial charge in [-0.1, -0.05) is 43.7 Å². The molecule has 1 atom stereocenters. The quantitative estimate of drug-likeness (QED) is 0.878. The van der Waals surface area contributed by atoms with Crippen molar-refractivity contribution in [3.05, 3.63) is 57.7 Å². The molecule has 25 heavy (non-hydrogen) atoms. The Balaban J connectivity index is 2.03. The van der Waals surface area contributed by atoms with Crippen LogP contribution in [0.25, 0.3) is 0 Å². The van der Waals surface area contributed by atoms with Crippen molar-refractivity contribution < 1.29 is 9.90 Å². The van der Waals surface area contributed by atoms with Crippen LogP contribution in [0.15, 0.2) is 35.4 Å². The highest BCUT2D eigenvalue weighted by atomic mass is 16.4. The van der Waals surface area contributed by atoms with Gasteiger partial charge in [0, 0.05) is 18.5 Å². The molecule has 2 aliphatic rings. The zero-order valence-electron chi connectivity index (χ0n) is 16.0. The van der Waals surface area contributed by atoms with Gasteiger partial charge < -0.3 is 5.11 Å². The SMILES string of the molecule is Cc1cc(C)c(CN2CC(C)(C)C3=C(CCC=C3)C2C(=O)O)c(C)c1. The van der Waals surface area contributed by atoms with E-state index < -0.39 is 12.0 Å². The third-order valence-electron chi connectivity index (χ3n) is 5.67. The third kappa shape index (κ3) is 3.30. The molecule has 1 aromatic carbocycles. The number of nitrogens with zero attached hydrogens (tertiary/aromatic N) is 1. The Kier molecular flexibility index (Phi) is 4.63. The van der Waals surface area contributed by atoms with Crippen LogP contribution in [0.2, 0.25) is 0 Å². The Morgan fingerprint density at radius 3 is 2.48 bits per heavy atom. The maximum absolute atomic E-state index is 12.1. The lowest BCUT2D eigenvalue weighted by Crippen LogP contribution is -2.51. The number of hydrogen-bond acceptors (Lipinski definition) is 2. The summed E-state index contributed by atoms with van der Waals surface area (Å²) < 4.78 is 0. The summed E-state index contributed by atoms with van der Waals surface area (Å²) in [6.45, 7) is 12.3. The number of allylic oxidation sites excluding steroid dienone is 2. The van der Waals surface area contributed by atoms with Gasteiger partial charge in [-0.15, -0.1) is 0 Å². The second-order valence-corrected chi connectivity index (χ2v) is 8.29. The predicted molar refractivity (Wildman–Crippen MR) is 102 cm³/mol. The number of carbonyl (C=O) groups is 1. The van der Waals surface area contributed by atoms with Gasteiger partial charge in [-0.3, -0.25) is 9.69 Å². The maximum atomic E-state index is 12.1. The average Bonchev–Trinajstić information content (AvgIpc) is 2.50. The topological polar surface area (TPSA) is 40.5 Å². The van der Waals surface area contributed by atoms with E-state index in [1.54, 1.807) is 0 Å². The van der Waals surface area contributed by atoms with Crippen LogP contribution >= 0.6 is 0 Å². The normalized spacial score (nSPS) is 22.8. The third-order valence-corrected chi connectivity index (χ3v) is 5.67. The molecule has 3 nitrogen and oxygen atoms in total. The second-order valence-electron chi connectivity index (χ2n) is 8.29. The molecule has 1 aliphatic carbocycles. The van der Waals surface area contributed by atoms with Crippen LogP contribution in [0.1, 0.15) is 48.9 Å². The van der Waals surface area contributed by atoms with Gasteiger partial charge in [0.05, 0.1) is 0 Å². The Hall–Kier alpha value is -1.87. The highest BCUT2D eigenvalue weighted by Gasteiger charge is 2.42. The molecule has 0 aromatic heterocycles. The molecule has 1 heterocycles. The van der Waals surface area contributed by atoms with Gasteiger partial charge in [0.25, 0.3) is 0 Å². The first-order valence-electron chi connectivity index (χ1n) is 9.14. The minimum absolute atomic E-state index is 0.0231. The summed E-state index contributed by atoms with van der Waals surface area (Å²) in [5, 5.41) is 9.98. The van der Waals surface area contributed by atoms with Crippen LogP contribution in [-0.4, -0.2) is 28.6 Å². The van der Waals surface area contributed by atoms with E-state index in [1.165, 1.54) is 27.8 Å². The van der Waals surface area contributed by atoms with Crippen LogP contribution in [0, 0.1) is 26.2 Å². The van der Waals surface area contributed by atoms with Crippen molar-refractivity contribution in [1.29, 1.82) is 0 Å². The van der Waals surface area contributed by atoms with Gasteiger partial charge in [-0.25, -0.2) is 0 Å². The molecule has 3 rings (SSSR count). The van der Waals surface area contributed by atoms with E-state index in [9.17, 15) is 9.90 Å². The van der Waals surface area contributed by atoms with Gasteiger partial charge >= 0.3 is 5.97 Å².